The molecule has 0 unspecified atom stereocenters. The number of nitrogens with two attached hydrogens (primary N) is 1. The number of halogens is 2. The Labute approximate surface area is 186 Å². The number of hydrogen-bond donors (Lipinski definition) is 2. The van der Waals surface area contributed by atoms with E-state index in [4.69, 9.17) is 10.5 Å². The molecular weight excluding hydrogens is 437 g/mol. The maximum atomic E-state index is 12.8. The molecule has 3 N–H and O–H groups in total. The summed E-state index contributed by atoms with van der Waals surface area (Å²) in [6.07, 6.45) is 0. The third-order valence-electron chi connectivity index (χ3n) is 4.44. The van der Waals surface area contributed by atoms with E-state index < -0.39 is 0 Å². The van der Waals surface area contributed by atoms with E-state index in [1.54, 1.807) is 23.6 Å². The van der Waals surface area contributed by atoms with Crippen molar-refractivity contribution in [1.29, 1.82) is 0 Å². The number of amides is 2. The molecule has 1 saturated heterocycles. The van der Waals surface area contributed by atoms with Crippen molar-refractivity contribution in [3.8, 4) is 5.75 Å². The van der Waals surface area contributed by atoms with Crippen molar-refractivity contribution in [2.75, 3.05) is 45.7 Å². The zero-order valence-corrected chi connectivity index (χ0v) is 18.7. The molecule has 2 heterocycles. The molecule has 1 aliphatic rings. The second kappa shape index (κ2) is 11.3. The molecule has 3 rings (SSSR count). The van der Waals surface area contributed by atoms with Gasteiger partial charge in [-0.3, -0.25) is 9.59 Å². The Morgan fingerprint density at radius 2 is 1.93 bits per heavy atom. The predicted octanol–water partition coefficient (Wildman–Crippen LogP) is 2.09. The Hall–Kier alpha value is -1.91. The summed E-state index contributed by atoms with van der Waals surface area (Å²) in [4.78, 5) is 33.4. The maximum absolute atomic E-state index is 12.8. The lowest BCUT2D eigenvalue weighted by Crippen LogP contribution is -2.47. The van der Waals surface area contributed by atoms with Crippen LogP contribution in [-0.2, 0) is 6.54 Å². The van der Waals surface area contributed by atoms with Crippen molar-refractivity contribution in [3.63, 3.8) is 0 Å². The van der Waals surface area contributed by atoms with Crippen LogP contribution in [0.1, 0.15) is 25.9 Å². The zero-order chi connectivity index (χ0) is 19.4. The second-order valence-corrected chi connectivity index (χ2v) is 7.24. The molecule has 1 aromatic carbocycles. The number of hydrogen-bond acceptors (Lipinski definition) is 7. The van der Waals surface area contributed by atoms with Crippen LogP contribution in [0.2, 0.25) is 0 Å². The lowest BCUT2D eigenvalue weighted by molar-refractivity contribution is 0.0664. The molecule has 160 valence electrons. The van der Waals surface area contributed by atoms with Gasteiger partial charge >= 0.3 is 0 Å². The summed E-state index contributed by atoms with van der Waals surface area (Å²) in [6, 6.07) is 5.05. The quantitative estimate of drug-likeness (QED) is 0.706. The Bertz CT molecular complexity index is 841. The summed E-state index contributed by atoms with van der Waals surface area (Å²) in [6.45, 7) is 3.35. The molecule has 1 aromatic heterocycles. The van der Waals surface area contributed by atoms with Crippen molar-refractivity contribution in [2.24, 2.45) is 5.73 Å². The molecule has 2 amide bonds. The summed E-state index contributed by atoms with van der Waals surface area (Å²) in [5.74, 6) is 0.0568. The van der Waals surface area contributed by atoms with Crippen molar-refractivity contribution in [2.45, 2.75) is 6.54 Å². The monoisotopic (exact) mass is 461 g/mol. The highest BCUT2D eigenvalue weighted by Crippen LogP contribution is 2.27. The molecular formula is C18H25Cl2N5O3S. The molecule has 0 saturated carbocycles. The highest BCUT2D eigenvalue weighted by Gasteiger charge is 2.22. The topological polar surface area (TPSA) is 101 Å². The number of piperazine rings is 1. The molecule has 2 aromatic rings. The number of carbonyl (C=O) groups is 2. The first-order valence-corrected chi connectivity index (χ1v) is 9.51. The lowest BCUT2D eigenvalue weighted by Gasteiger charge is -2.32. The second-order valence-electron chi connectivity index (χ2n) is 6.30. The molecule has 8 nitrogen and oxygen atoms in total. The van der Waals surface area contributed by atoms with E-state index in [0.29, 0.717) is 40.8 Å². The van der Waals surface area contributed by atoms with Crippen LogP contribution in [0.25, 0.3) is 0 Å². The first-order chi connectivity index (χ1) is 13.0. The number of anilines is 1. The maximum Gasteiger partial charge on any atom is 0.275 e. The van der Waals surface area contributed by atoms with E-state index in [1.807, 2.05) is 11.9 Å². The smallest absolute Gasteiger partial charge is 0.275 e. The number of carbonyl (C=O) groups excluding carboxylic acids is 2. The number of nitrogens with one attached hydrogen (secondary N) is 1. The van der Waals surface area contributed by atoms with Crippen molar-refractivity contribution < 1.29 is 14.3 Å². The number of benzene rings is 1. The van der Waals surface area contributed by atoms with Gasteiger partial charge in [0.05, 0.1) is 12.8 Å². The van der Waals surface area contributed by atoms with Gasteiger partial charge in [-0.25, -0.2) is 4.98 Å². The zero-order valence-electron chi connectivity index (χ0n) is 16.2. The van der Waals surface area contributed by atoms with Crippen molar-refractivity contribution in [3.05, 3.63) is 39.8 Å². The molecule has 0 atom stereocenters. The summed E-state index contributed by atoms with van der Waals surface area (Å²) in [5.41, 5.74) is 6.78. The number of ether oxygens (including phenoxy) is 1. The fraction of sp³-hybridized carbons (Fsp3) is 0.389. The number of rotatable bonds is 5. The van der Waals surface area contributed by atoms with Gasteiger partial charge in [-0.15, -0.1) is 36.2 Å². The summed E-state index contributed by atoms with van der Waals surface area (Å²) in [5, 5.41) is 5.12. The van der Waals surface area contributed by atoms with Crippen molar-refractivity contribution >= 4 is 53.7 Å². The Morgan fingerprint density at radius 1 is 1.24 bits per heavy atom. The molecule has 0 aliphatic carbocycles. The Balaban J connectivity index is 0.00000210. The van der Waals surface area contributed by atoms with Crippen molar-refractivity contribution in [1.82, 2.24) is 14.8 Å². The average Bonchev–Trinajstić information content (AvgIpc) is 3.17. The number of methoxy groups -OCH3 is 1. The molecule has 1 aliphatic heterocycles. The number of likely N-dealkylation sites (N-methyl/N-ethyl adjacent to an activating group) is 1. The van der Waals surface area contributed by atoms with Crippen LogP contribution in [0.3, 0.4) is 0 Å². The Kier molecular flexibility index (Phi) is 9.81. The lowest BCUT2D eigenvalue weighted by atomic mass is 10.1. The van der Waals surface area contributed by atoms with E-state index >= 15 is 0 Å². The fourth-order valence-electron chi connectivity index (χ4n) is 2.83. The number of nitrogens with zero attached hydrogens (tertiary/aromatic N) is 3. The van der Waals surface area contributed by atoms with Crippen LogP contribution in [-0.4, -0.2) is 66.9 Å². The van der Waals surface area contributed by atoms with Gasteiger partial charge in [0.2, 0.25) is 0 Å². The summed E-state index contributed by atoms with van der Waals surface area (Å²) in [7, 11) is 3.56. The van der Waals surface area contributed by atoms with E-state index in [0.717, 1.165) is 13.1 Å². The first kappa shape index (κ1) is 25.1. The fourth-order valence-corrected chi connectivity index (χ4v) is 3.48. The van der Waals surface area contributed by atoms with Crippen LogP contribution >= 0.6 is 36.2 Å². The molecule has 0 radical (unpaired) electrons. The van der Waals surface area contributed by atoms with Gasteiger partial charge in [-0.1, -0.05) is 0 Å². The molecule has 0 spiro atoms. The Morgan fingerprint density at radius 3 is 2.52 bits per heavy atom. The van der Waals surface area contributed by atoms with E-state index in [9.17, 15) is 9.59 Å². The molecule has 1 fully saturated rings. The standard InChI is InChI=1S/C18H23N5O3S.2ClH/c1-22-5-7-23(8-6-22)18(25)12-3-4-15(26-2)13(9-12)21-17(24)14-11-27-16(10-19)20-14;;/h3-4,9,11H,5-8,10,19H2,1-2H3,(H,21,24);2*1H. The normalized spacial score (nSPS) is 13.8. The largest absolute Gasteiger partial charge is 0.495 e. The van der Waals surface area contributed by atoms with Crippen LogP contribution < -0.4 is 15.8 Å². The van der Waals surface area contributed by atoms with Gasteiger partial charge in [0.15, 0.2) is 0 Å². The van der Waals surface area contributed by atoms with Crippen LogP contribution in [0, 0.1) is 0 Å². The van der Waals surface area contributed by atoms with Gasteiger partial charge < -0.3 is 25.6 Å². The summed E-state index contributed by atoms with van der Waals surface area (Å²) < 4.78 is 5.32. The van der Waals surface area contributed by atoms with Crippen LogP contribution in [0.15, 0.2) is 23.6 Å². The van der Waals surface area contributed by atoms with Crippen LogP contribution in [0.5, 0.6) is 5.75 Å². The van der Waals surface area contributed by atoms with E-state index in [2.05, 4.69) is 15.2 Å². The predicted molar refractivity (Wildman–Crippen MR) is 119 cm³/mol. The van der Waals surface area contributed by atoms with E-state index in [1.165, 1.54) is 18.4 Å². The summed E-state index contributed by atoms with van der Waals surface area (Å²) >= 11 is 1.33. The molecule has 11 heteroatoms. The molecule has 0 bridgehead atoms. The molecule has 29 heavy (non-hydrogen) atoms. The third kappa shape index (κ3) is 6.03. The highest BCUT2D eigenvalue weighted by atomic mass is 35.5. The minimum absolute atomic E-state index is 0. The first-order valence-electron chi connectivity index (χ1n) is 8.63. The van der Waals surface area contributed by atoms with Gasteiger partial charge in [-0.2, -0.15) is 0 Å². The SMILES string of the molecule is COc1ccc(C(=O)N2CCN(C)CC2)cc1NC(=O)c1csc(CN)n1.Cl.Cl. The van der Waals surface area contributed by atoms with E-state index in [-0.39, 0.29) is 43.2 Å². The van der Waals surface area contributed by atoms with Gasteiger partial charge in [0, 0.05) is 43.7 Å². The van der Waals surface area contributed by atoms with Crippen LogP contribution in [0.4, 0.5) is 5.69 Å². The van der Waals surface area contributed by atoms with Gasteiger partial charge in [0.25, 0.3) is 11.8 Å². The highest BCUT2D eigenvalue weighted by molar-refractivity contribution is 7.09. The van der Waals surface area contributed by atoms with Gasteiger partial charge in [-0.05, 0) is 25.2 Å². The average molecular weight is 462 g/mol. The van der Waals surface area contributed by atoms with Gasteiger partial charge in [0.1, 0.15) is 16.5 Å². The number of aromatic nitrogens is 1. The number of thiazole rings is 1. The third-order valence-corrected chi connectivity index (χ3v) is 5.32. The minimum atomic E-state index is -0.367. The minimum Gasteiger partial charge on any atom is -0.495 e.